The van der Waals surface area contributed by atoms with Crippen molar-refractivity contribution in [1.82, 2.24) is 20.1 Å². The Morgan fingerprint density at radius 3 is 2.53 bits per heavy atom. The van der Waals surface area contributed by atoms with Crippen LogP contribution in [0, 0.1) is 5.82 Å². The molecule has 1 heterocycles. The zero-order valence-corrected chi connectivity index (χ0v) is 17.4. The highest BCUT2D eigenvalue weighted by atomic mass is 32.2. The lowest BCUT2D eigenvalue weighted by atomic mass is 10.1. The number of carbonyl (C=O) groups is 2. The molecule has 0 saturated heterocycles. The first-order valence-electron chi connectivity index (χ1n) is 9.15. The summed E-state index contributed by atoms with van der Waals surface area (Å²) in [4.78, 5) is 29.6. The summed E-state index contributed by atoms with van der Waals surface area (Å²) in [6.07, 6.45) is -4.62. The largest absolute Gasteiger partial charge is 0.418 e. The molecule has 0 aliphatic heterocycles. The molecule has 3 aromatic rings. The normalized spacial score (nSPS) is 11.3. The minimum absolute atomic E-state index is 0.127. The summed E-state index contributed by atoms with van der Waals surface area (Å²) in [5.74, 6) is -1.64. The first-order chi connectivity index (χ1) is 15.1. The van der Waals surface area contributed by atoms with E-state index in [4.69, 9.17) is 0 Å². The fourth-order valence-corrected chi connectivity index (χ4v) is 3.39. The highest BCUT2D eigenvalue weighted by Gasteiger charge is 2.33. The summed E-state index contributed by atoms with van der Waals surface area (Å²) in [6, 6.07) is 10.6. The van der Waals surface area contributed by atoms with Crippen LogP contribution in [-0.2, 0) is 15.8 Å². The van der Waals surface area contributed by atoms with E-state index in [1.807, 2.05) is 0 Å². The highest BCUT2D eigenvalue weighted by Crippen LogP contribution is 2.34. The van der Waals surface area contributed by atoms with Crippen molar-refractivity contribution in [2.75, 3.05) is 24.7 Å². The third-order valence-electron chi connectivity index (χ3n) is 4.23. The molecule has 0 aliphatic rings. The Kier molecular flexibility index (Phi) is 7.13. The Balaban J connectivity index is 1.54. The van der Waals surface area contributed by atoms with Gasteiger partial charge in [0.1, 0.15) is 5.82 Å². The van der Waals surface area contributed by atoms with Gasteiger partial charge in [-0.2, -0.15) is 13.2 Å². The number of carbonyl (C=O) groups excluding carboxylic acids is 2. The summed E-state index contributed by atoms with van der Waals surface area (Å²) in [5, 5.41) is 8.89. The van der Waals surface area contributed by atoms with E-state index >= 15 is 0 Å². The minimum Gasteiger partial charge on any atom is -0.336 e. The maximum absolute atomic E-state index is 13.8. The molecule has 0 radical (unpaired) electrons. The molecule has 168 valence electrons. The molecule has 2 amide bonds. The third-order valence-corrected chi connectivity index (χ3v) is 5.06. The van der Waals surface area contributed by atoms with Gasteiger partial charge >= 0.3 is 6.18 Å². The van der Waals surface area contributed by atoms with Crippen LogP contribution < -0.4 is 5.32 Å². The van der Waals surface area contributed by atoms with Gasteiger partial charge in [0.15, 0.2) is 5.82 Å². The lowest BCUT2D eigenvalue weighted by Crippen LogP contribution is -2.36. The van der Waals surface area contributed by atoms with Crippen molar-refractivity contribution in [3.63, 3.8) is 0 Å². The highest BCUT2D eigenvalue weighted by molar-refractivity contribution is 7.99. The van der Waals surface area contributed by atoms with E-state index < -0.39 is 35.9 Å². The van der Waals surface area contributed by atoms with Crippen LogP contribution in [0.3, 0.4) is 0 Å². The number of aromatic amines is 1. The zero-order chi connectivity index (χ0) is 23.3. The van der Waals surface area contributed by atoms with Crippen LogP contribution >= 0.6 is 11.8 Å². The molecule has 2 N–H and O–H groups in total. The lowest BCUT2D eigenvalue weighted by molar-refractivity contribution is -0.137. The van der Waals surface area contributed by atoms with Crippen molar-refractivity contribution in [2.24, 2.45) is 0 Å². The average molecular weight is 467 g/mol. The third kappa shape index (κ3) is 5.84. The fourth-order valence-electron chi connectivity index (χ4n) is 2.65. The van der Waals surface area contributed by atoms with Crippen molar-refractivity contribution in [3.8, 4) is 11.4 Å². The van der Waals surface area contributed by atoms with E-state index in [0.717, 1.165) is 28.8 Å². The number of amides is 2. The van der Waals surface area contributed by atoms with Crippen LogP contribution in [-0.4, -0.2) is 51.2 Å². The Bertz CT molecular complexity index is 1120. The predicted octanol–water partition coefficient (Wildman–Crippen LogP) is 3.82. The number of rotatable bonds is 7. The van der Waals surface area contributed by atoms with E-state index in [-0.39, 0.29) is 28.0 Å². The first kappa shape index (κ1) is 23.3. The Morgan fingerprint density at radius 2 is 1.81 bits per heavy atom. The second kappa shape index (κ2) is 9.81. The number of thioether (sulfide) groups is 1. The molecule has 0 atom stereocenters. The van der Waals surface area contributed by atoms with Crippen LogP contribution in [0.15, 0.2) is 53.7 Å². The molecule has 0 spiro atoms. The monoisotopic (exact) mass is 467 g/mol. The van der Waals surface area contributed by atoms with E-state index in [1.54, 1.807) is 6.07 Å². The topological polar surface area (TPSA) is 91.0 Å². The van der Waals surface area contributed by atoms with E-state index in [9.17, 15) is 27.2 Å². The van der Waals surface area contributed by atoms with Gasteiger partial charge in [-0.05, 0) is 24.3 Å². The molecule has 32 heavy (non-hydrogen) atoms. The second-order valence-electron chi connectivity index (χ2n) is 6.58. The molecular weight excluding hydrogens is 450 g/mol. The number of anilines is 1. The number of hydrogen-bond acceptors (Lipinski definition) is 5. The number of aromatic nitrogens is 3. The maximum atomic E-state index is 13.8. The van der Waals surface area contributed by atoms with Gasteiger partial charge in [-0.1, -0.05) is 36.0 Å². The number of H-pyrrole nitrogens is 1. The number of alkyl halides is 3. The van der Waals surface area contributed by atoms with Gasteiger partial charge in [0, 0.05) is 7.05 Å². The molecule has 2 aromatic carbocycles. The number of hydrogen-bond donors (Lipinski definition) is 2. The Labute approximate surface area is 184 Å². The van der Waals surface area contributed by atoms with Crippen molar-refractivity contribution in [1.29, 1.82) is 0 Å². The van der Waals surface area contributed by atoms with E-state index in [0.29, 0.717) is 0 Å². The van der Waals surface area contributed by atoms with E-state index in [2.05, 4.69) is 20.5 Å². The Morgan fingerprint density at radius 1 is 1.12 bits per heavy atom. The van der Waals surface area contributed by atoms with Crippen LogP contribution in [0.5, 0.6) is 0 Å². The standard InChI is InChI=1S/C20H17F4N5O2S/c1-29(10-16(30)25-15-9-5-3-7-13(15)20(22,23)24)17(31)11-32-19-26-18(27-28-19)12-6-2-4-8-14(12)21/h2-9H,10-11H2,1H3,(H,25,30)(H,26,27,28). The number of benzene rings is 2. The molecule has 3 rings (SSSR count). The molecule has 0 aliphatic carbocycles. The molecule has 1 aromatic heterocycles. The number of halogens is 4. The molecule has 0 saturated carbocycles. The number of nitrogens with one attached hydrogen (secondary N) is 2. The van der Waals surface area contributed by atoms with Crippen molar-refractivity contribution in [2.45, 2.75) is 11.3 Å². The number of nitrogens with zero attached hydrogens (tertiary/aromatic N) is 3. The summed E-state index contributed by atoms with van der Waals surface area (Å²) in [5.41, 5.74) is -1.14. The minimum atomic E-state index is -4.62. The van der Waals surface area contributed by atoms with Gasteiger partial charge in [0.2, 0.25) is 17.0 Å². The summed E-state index contributed by atoms with van der Waals surface area (Å²) < 4.78 is 52.9. The molecule has 0 fully saturated rings. The molecule has 0 bridgehead atoms. The van der Waals surface area contributed by atoms with Gasteiger partial charge in [0.25, 0.3) is 0 Å². The van der Waals surface area contributed by atoms with Crippen LogP contribution in [0.1, 0.15) is 5.56 Å². The second-order valence-corrected chi connectivity index (χ2v) is 7.52. The van der Waals surface area contributed by atoms with Crippen molar-refractivity contribution >= 4 is 29.3 Å². The first-order valence-corrected chi connectivity index (χ1v) is 10.1. The number of likely N-dealkylation sites (N-methyl/N-ethyl adjacent to an activating group) is 1. The average Bonchev–Trinajstić information content (AvgIpc) is 3.20. The molecule has 7 nitrogen and oxygen atoms in total. The smallest absolute Gasteiger partial charge is 0.336 e. The van der Waals surface area contributed by atoms with Gasteiger partial charge in [-0.15, -0.1) is 5.10 Å². The van der Waals surface area contributed by atoms with E-state index in [1.165, 1.54) is 37.4 Å². The van der Waals surface area contributed by atoms with Crippen molar-refractivity contribution in [3.05, 3.63) is 59.9 Å². The lowest BCUT2D eigenvalue weighted by Gasteiger charge is -2.18. The van der Waals surface area contributed by atoms with Gasteiger partial charge in [0.05, 0.1) is 29.1 Å². The van der Waals surface area contributed by atoms with Gasteiger partial charge in [-0.3, -0.25) is 14.7 Å². The molecular formula is C20H17F4N5O2S. The maximum Gasteiger partial charge on any atom is 0.418 e. The zero-order valence-electron chi connectivity index (χ0n) is 16.6. The number of para-hydroxylation sites is 1. The Hall–Kier alpha value is -3.41. The molecule has 0 unspecified atom stereocenters. The molecule has 12 heteroatoms. The van der Waals surface area contributed by atoms with Crippen LogP contribution in [0.2, 0.25) is 0 Å². The summed E-state index contributed by atoms with van der Waals surface area (Å²) in [7, 11) is 1.35. The summed E-state index contributed by atoms with van der Waals surface area (Å²) >= 11 is 0.968. The van der Waals surface area contributed by atoms with Crippen molar-refractivity contribution < 1.29 is 27.2 Å². The van der Waals surface area contributed by atoms with Gasteiger partial charge in [-0.25, -0.2) is 9.37 Å². The quantitative estimate of drug-likeness (QED) is 0.407. The SMILES string of the molecule is CN(CC(=O)Nc1ccccc1C(F)(F)F)C(=O)CSc1n[nH]c(-c2ccccc2F)n1. The fraction of sp³-hybridized carbons (Fsp3) is 0.200. The predicted molar refractivity (Wildman–Crippen MR) is 110 cm³/mol. The van der Waals surface area contributed by atoms with Crippen LogP contribution in [0.25, 0.3) is 11.4 Å². The summed E-state index contributed by atoms with van der Waals surface area (Å²) in [6.45, 7) is -0.444. The van der Waals surface area contributed by atoms with Crippen LogP contribution in [0.4, 0.5) is 23.2 Å². The van der Waals surface area contributed by atoms with Gasteiger partial charge < -0.3 is 10.2 Å².